The number of hydrogen-bond donors (Lipinski definition) is 1. The molecule has 0 fully saturated rings. The van der Waals surface area contributed by atoms with E-state index in [9.17, 15) is 0 Å². The molecule has 22 heavy (non-hydrogen) atoms. The van der Waals surface area contributed by atoms with Crippen molar-refractivity contribution in [3.05, 3.63) is 77.5 Å². The Bertz CT molecular complexity index is 953. The fourth-order valence-electron chi connectivity index (χ4n) is 3.88. The van der Waals surface area contributed by atoms with Gasteiger partial charge in [0.25, 0.3) is 0 Å². The quantitative estimate of drug-likeness (QED) is 0.607. The molecule has 0 bridgehead atoms. The van der Waals surface area contributed by atoms with Crippen molar-refractivity contribution in [2.75, 3.05) is 0 Å². The van der Waals surface area contributed by atoms with Crippen molar-refractivity contribution in [3.63, 3.8) is 0 Å². The topological polar surface area (TPSA) is 15.8 Å². The number of hydrogen-bond acceptors (Lipinski definition) is 0. The van der Waals surface area contributed by atoms with Gasteiger partial charge in [-0.2, -0.15) is 0 Å². The average molecular weight is 283 g/mol. The van der Waals surface area contributed by atoms with Gasteiger partial charge in [0.2, 0.25) is 0 Å². The first-order valence-electron chi connectivity index (χ1n) is 7.98. The highest BCUT2D eigenvalue weighted by Crippen LogP contribution is 2.41. The summed E-state index contributed by atoms with van der Waals surface area (Å²) in [5, 5.41) is 2.58. The molecule has 1 heteroatoms. The number of rotatable bonds is 1. The summed E-state index contributed by atoms with van der Waals surface area (Å²) in [6.45, 7) is 0. The number of H-pyrrole nitrogens is 1. The lowest BCUT2D eigenvalue weighted by molar-refractivity contribution is 1.04. The third kappa shape index (κ3) is 1.66. The van der Waals surface area contributed by atoms with E-state index in [1.807, 2.05) is 0 Å². The molecule has 2 aliphatic carbocycles. The van der Waals surface area contributed by atoms with Crippen LogP contribution in [0.4, 0.5) is 0 Å². The molecule has 0 saturated heterocycles. The molecule has 0 radical (unpaired) electrons. The van der Waals surface area contributed by atoms with E-state index in [1.165, 1.54) is 51.6 Å². The maximum absolute atomic E-state index is 3.46. The van der Waals surface area contributed by atoms with Gasteiger partial charge in [0.1, 0.15) is 0 Å². The van der Waals surface area contributed by atoms with Crippen LogP contribution in [0.15, 0.2) is 66.4 Å². The van der Waals surface area contributed by atoms with Crippen LogP contribution in [-0.4, -0.2) is 4.98 Å². The van der Waals surface area contributed by atoms with Gasteiger partial charge in [0.05, 0.1) is 5.69 Å². The van der Waals surface area contributed by atoms with Gasteiger partial charge in [-0.05, 0) is 58.6 Å². The van der Waals surface area contributed by atoms with Crippen LogP contribution in [0.25, 0.3) is 27.6 Å². The Morgan fingerprint density at radius 2 is 1.95 bits per heavy atom. The first kappa shape index (κ1) is 12.0. The fraction of sp³-hybridized carbons (Fsp3) is 0.143. The van der Waals surface area contributed by atoms with E-state index in [2.05, 4.69) is 65.8 Å². The number of nitrogens with one attached hydrogen (secondary N) is 1. The number of aromatic nitrogens is 1. The molecule has 106 valence electrons. The molecule has 0 unspecified atom stereocenters. The largest absolute Gasteiger partial charge is 0.360 e. The van der Waals surface area contributed by atoms with Gasteiger partial charge in [-0.15, -0.1) is 0 Å². The summed E-state index contributed by atoms with van der Waals surface area (Å²) >= 11 is 0. The summed E-state index contributed by atoms with van der Waals surface area (Å²) in [5.74, 6) is 0. The molecular formula is C21H17N. The lowest BCUT2D eigenvalue weighted by Gasteiger charge is -2.10. The molecular weight excluding hydrogens is 266 g/mol. The lowest BCUT2D eigenvalue weighted by atomic mass is 9.95. The van der Waals surface area contributed by atoms with Crippen molar-refractivity contribution in [3.8, 4) is 11.3 Å². The second kappa shape index (κ2) is 4.48. The Balaban J connectivity index is 1.69. The Labute approximate surface area is 130 Å². The van der Waals surface area contributed by atoms with Gasteiger partial charge in [0, 0.05) is 11.6 Å². The van der Waals surface area contributed by atoms with E-state index in [4.69, 9.17) is 0 Å². The third-order valence-corrected chi connectivity index (χ3v) is 4.97. The van der Waals surface area contributed by atoms with E-state index < -0.39 is 0 Å². The van der Waals surface area contributed by atoms with Crippen molar-refractivity contribution >= 4 is 16.3 Å². The molecule has 0 spiro atoms. The molecule has 1 N–H and O–H groups in total. The first-order valence-corrected chi connectivity index (χ1v) is 7.98. The number of fused-ring (bicyclic) bond motifs is 3. The normalized spacial score (nSPS) is 16.2. The minimum atomic E-state index is 1.10. The van der Waals surface area contributed by atoms with Crippen LogP contribution in [0.3, 0.4) is 0 Å². The zero-order chi connectivity index (χ0) is 14.5. The smallest absolute Gasteiger partial charge is 0.0533 e. The van der Waals surface area contributed by atoms with Gasteiger partial charge in [-0.3, -0.25) is 0 Å². The van der Waals surface area contributed by atoms with E-state index >= 15 is 0 Å². The Morgan fingerprint density at radius 1 is 1.00 bits per heavy atom. The molecule has 1 heterocycles. The minimum Gasteiger partial charge on any atom is -0.360 e. The maximum Gasteiger partial charge on any atom is 0.0533 e. The molecule has 0 aliphatic heterocycles. The zero-order valence-corrected chi connectivity index (χ0v) is 12.4. The van der Waals surface area contributed by atoms with E-state index in [0.717, 1.165) is 6.42 Å². The first-order chi connectivity index (χ1) is 10.9. The average Bonchev–Trinajstić information content (AvgIpc) is 3.15. The van der Waals surface area contributed by atoms with Gasteiger partial charge < -0.3 is 4.98 Å². The van der Waals surface area contributed by atoms with E-state index in [0.29, 0.717) is 0 Å². The molecule has 1 aromatic heterocycles. The van der Waals surface area contributed by atoms with E-state index in [1.54, 1.807) is 5.57 Å². The Morgan fingerprint density at radius 3 is 2.95 bits per heavy atom. The summed E-state index contributed by atoms with van der Waals surface area (Å²) in [7, 11) is 0. The summed E-state index contributed by atoms with van der Waals surface area (Å²) in [4.78, 5) is 3.46. The van der Waals surface area contributed by atoms with Crippen molar-refractivity contribution in [2.45, 2.75) is 19.3 Å². The van der Waals surface area contributed by atoms with Crippen LogP contribution >= 0.6 is 0 Å². The van der Waals surface area contributed by atoms with Crippen LogP contribution in [0.2, 0.25) is 0 Å². The van der Waals surface area contributed by atoms with Crippen LogP contribution in [0, 0.1) is 0 Å². The standard InChI is InChI=1S/C21H17N/c1-3-7-18-14(5-1)11-15-9-10-16(12-20(15)18)21-19-8-4-2-6-17(19)13-22-21/h1-2,4-6,8-10,12-13,22H,3,7,11H2. The van der Waals surface area contributed by atoms with Crippen molar-refractivity contribution < 1.29 is 0 Å². The van der Waals surface area contributed by atoms with Crippen LogP contribution < -0.4 is 0 Å². The van der Waals surface area contributed by atoms with Gasteiger partial charge in [0.15, 0.2) is 0 Å². The van der Waals surface area contributed by atoms with Crippen LogP contribution in [-0.2, 0) is 6.42 Å². The number of benzene rings is 2. The second-order valence-electron chi connectivity index (χ2n) is 6.24. The number of allylic oxidation sites excluding steroid dienone is 4. The highest BCUT2D eigenvalue weighted by molar-refractivity contribution is 5.96. The lowest BCUT2D eigenvalue weighted by Crippen LogP contribution is -1.89. The van der Waals surface area contributed by atoms with Crippen LogP contribution in [0.1, 0.15) is 24.0 Å². The molecule has 3 aromatic rings. The van der Waals surface area contributed by atoms with Crippen LogP contribution in [0.5, 0.6) is 0 Å². The third-order valence-electron chi connectivity index (χ3n) is 4.97. The minimum absolute atomic E-state index is 1.10. The SMILES string of the molecule is C1=CC2=C(CC1)c1cc(-c3[nH]cc4ccccc34)ccc1C2. The summed E-state index contributed by atoms with van der Waals surface area (Å²) < 4.78 is 0. The zero-order valence-electron chi connectivity index (χ0n) is 12.4. The monoisotopic (exact) mass is 283 g/mol. The van der Waals surface area contributed by atoms with Gasteiger partial charge in [-0.25, -0.2) is 0 Å². The Kier molecular flexibility index (Phi) is 2.45. The second-order valence-corrected chi connectivity index (χ2v) is 6.24. The molecule has 0 amide bonds. The molecule has 1 nitrogen and oxygen atoms in total. The summed E-state index contributed by atoms with van der Waals surface area (Å²) in [5.41, 5.74) is 8.57. The maximum atomic E-state index is 3.46. The molecule has 5 rings (SSSR count). The Hall–Kier alpha value is -2.54. The van der Waals surface area contributed by atoms with Crippen molar-refractivity contribution in [2.24, 2.45) is 0 Å². The number of aromatic amines is 1. The highest BCUT2D eigenvalue weighted by Gasteiger charge is 2.22. The predicted molar refractivity (Wildman–Crippen MR) is 92.7 cm³/mol. The van der Waals surface area contributed by atoms with Gasteiger partial charge in [-0.1, -0.05) is 48.6 Å². The van der Waals surface area contributed by atoms with Crippen molar-refractivity contribution in [1.29, 1.82) is 0 Å². The molecule has 0 saturated carbocycles. The fourth-order valence-corrected chi connectivity index (χ4v) is 3.88. The highest BCUT2D eigenvalue weighted by atomic mass is 14.7. The van der Waals surface area contributed by atoms with E-state index in [-0.39, 0.29) is 0 Å². The molecule has 0 atom stereocenters. The molecule has 2 aromatic carbocycles. The van der Waals surface area contributed by atoms with Crippen molar-refractivity contribution in [1.82, 2.24) is 4.98 Å². The predicted octanol–water partition coefficient (Wildman–Crippen LogP) is 5.49. The molecule has 2 aliphatic rings. The summed E-state index contributed by atoms with van der Waals surface area (Å²) in [6, 6.07) is 15.5. The summed E-state index contributed by atoms with van der Waals surface area (Å²) in [6.07, 6.45) is 10.2. The van der Waals surface area contributed by atoms with Gasteiger partial charge >= 0.3 is 0 Å².